The molecular weight excluding hydrogens is 236 g/mol. The predicted octanol–water partition coefficient (Wildman–Crippen LogP) is 4.02. The van der Waals surface area contributed by atoms with Gasteiger partial charge in [0.25, 0.3) is 0 Å². The Morgan fingerprint density at radius 3 is 2.68 bits per heavy atom. The lowest BCUT2D eigenvalue weighted by Gasteiger charge is -2.23. The minimum absolute atomic E-state index is 0.346. The van der Waals surface area contributed by atoms with Crippen LogP contribution in [0.4, 0.5) is 0 Å². The van der Waals surface area contributed by atoms with Gasteiger partial charge in [-0.05, 0) is 49.7 Å². The van der Waals surface area contributed by atoms with E-state index in [1.54, 1.807) is 0 Å². The summed E-state index contributed by atoms with van der Waals surface area (Å²) in [5, 5.41) is 10.2. The first-order valence-corrected chi connectivity index (χ1v) is 7.68. The molecule has 19 heavy (non-hydrogen) atoms. The summed E-state index contributed by atoms with van der Waals surface area (Å²) in [5.41, 5.74) is 2.39. The molecule has 1 heterocycles. The summed E-state index contributed by atoms with van der Waals surface area (Å²) < 4.78 is 5.70. The van der Waals surface area contributed by atoms with Gasteiger partial charge in [0, 0.05) is 6.61 Å². The van der Waals surface area contributed by atoms with Gasteiger partial charge in [-0.25, -0.2) is 0 Å². The molecule has 2 atom stereocenters. The molecule has 0 spiro atoms. The van der Waals surface area contributed by atoms with Crippen LogP contribution < -0.4 is 0 Å². The van der Waals surface area contributed by atoms with Gasteiger partial charge >= 0.3 is 0 Å². The van der Waals surface area contributed by atoms with Crippen molar-refractivity contribution in [2.75, 3.05) is 6.61 Å². The molecule has 0 radical (unpaired) electrons. The quantitative estimate of drug-likeness (QED) is 0.839. The van der Waals surface area contributed by atoms with E-state index in [9.17, 15) is 5.11 Å². The SMILES string of the molecule is CCCc1ccc(C(O)CCC2CCCCO2)cc1. The number of hydrogen-bond donors (Lipinski definition) is 1. The fraction of sp³-hybridized carbons (Fsp3) is 0.647. The van der Waals surface area contributed by atoms with Crippen molar-refractivity contribution in [3.05, 3.63) is 35.4 Å². The normalized spacial score (nSPS) is 21.3. The first-order valence-electron chi connectivity index (χ1n) is 7.68. The third kappa shape index (κ3) is 4.63. The summed E-state index contributed by atoms with van der Waals surface area (Å²) in [6.07, 6.45) is 7.69. The molecule has 1 fully saturated rings. The van der Waals surface area contributed by atoms with Crippen LogP contribution in [0.15, 0.2) is 24.3 Å². The molecule has 0 saturated carbocycles. The lowest BCUT2D eigenvalue weighted by atomic mass is 9.98. The van der Waals surface area contributed by atoms with Crippen LogP contribution >= 0.6 is 0 Å². The van der Waals surface area contributed by atoms with Crippen LogP contribution in [0.5, 0.6) is 0 Å². The Morgan fingerprint density at radius 2 is 2.05 bits per heavy atom. The van der Waals surface area contributed by atoms with E-state index in [1.165, 1.54) is 24.8 Å². The molecule has 1 aliphatic rings. The van der Waals surface area contributed by atoms with Gasteiger partial charge in [-0.1, -0.05) is 37.6 Å². The Balaban J connectivity index is 1.79. The van der Waals surface area contributed by atoms with Crippen LogP contribution in [0, 0.1) is 0 Å². The summed E-state index contributed by atoms with van der Waals surface area (Å²) in [6.45, 7) is 3.08. The van der Waals surface area contributed by atoms with Gasteiger partial charge < -0.3 is 9.84 Å². The van der Waals surface area contributed by atoms with E-state index in [0.29, 0.717) is 6.10 Å². The van der Waals surface area contributed by atoms with Crippen LogP contribution in [-0.4, -0.2) is 17.8 Å². The molecule has 1 aliphatic heterocycles. The van der Waals surface area contributed by atoms with Gasteiger partial charge in [-0.2, -0.15) is 0 Å². The van der Waals surface area contributed by atoms with Gasteiger partial charge in [-0.15, -0.1) is 0 Å². The Kier molecular flexibility index (Phi) is 5.87. The molecule has 2 heteroatoms. The number of rotatable bonds is 6. The maximum atomic E-state index is 10.2. The molecule has 1 aromatic carbocycles. The first-order chi connectivity index (χ1) is 9.29. The zero-order chi connectivity index (χ0) is 13.5. The minimum atomic E-state index is -0.346. The third-order valence-electron chi connectivity index (χ3n) is 3.94. The van der Waals surface area contributed by atoms with Crippen LogP contribution in [0.1, 0.15) is 62.7 Å². The lowest BCUT2D eigenvalue weighted by Crippen LogP contribution is -2.19. The van der Waals surface area contributed by atoms with Gasteiger partial charge in [0.15, 0.2) is 0 Å². The van der Waals surface area contributed by atoms with E-state index in [0.717, 1.165) is 37.9 Å². The summed E-state index contributed by atoms with van der Waals surface area (Å²) >= 11 is 0. The highest BCUT2D eigenvalue weighted by molar-refractivity contribution is 5.24. The number of aliphatic hydroxyl groups excluding tert-OH is 1. The van der Waals surface area contributed by atoms with Crippen LogP contribution in [0.25, 0.3) is 0 Å². The average molecular weight is 262 g/mol. The van der Waals surface area contributed by atoms with Crippen molar-refractivity contribution >= 4 is 0 Å². The molecule has 1 aromatic rings. The highest BCUT2D eigenvalue weighted by Gasteiger charge is 2.16. The van der Waals surface area contributed by atoms with Crippen LogP contribution in [-0.2, 0) is 11.2 Å². The summed E-state index contributed by atoms with van der Waals surface area (Å²) in [5.74, 6) is 0. The van der Waals surface area contributed by atoms with Gasteiger partial charge in [0.2, 0.25) is 0 Å². The van der Waals surface area contributed by atoms with Crippen molar-refractivity contribution in [3.63, 3.8) is 0 Å². The fourth-order valence-corrected chi connectivity index (χ4v) is 2.74. The topological polar surface area (TPSA) is 29.5 Å². The second-order valence-corrected chi connectivity index (χ2v) is 5.57. The second kappa shape index (κ2) is 7.66. The Bertz CT molecular complexity index is 352. The molecule has 2 nitrogen and oxygen atoms in total. The summed E-state index contributed by atoms with van der Waals surface area (Å²) in [7, 11) is 0. The molecule has 1 N–H and O–H groups in total. The molecule has 106 valence electrons. The van der Waals surface area contributed by atoms with Gasteiger partial charge in [-0.3, -0.25) is 0 Å². The zero-order valence-electron chi connectivity index (χ0n) is 12.0. The van der Waals surface area contributed by atoms with E-state index in [1.807, 2.05) is 0 Å². The highest BCUT2D eigenvalue weighted by Crippen LogP contribution is 2.24. The molecule has 1 saturated heterocycles. The molecule has 0 bridgehead atoms. The third-order valence-corrected chi connectivity index (χ3v) is 3.94. The number of aliphatic hydroxyl groups is 1. The largest absolute Gasteiger partial charge is 0.388 e. The number of aryl methyl sites for hydroxylation is 1. The van der Waals surface area contributed by atoms with E-state index in [2.05, 4.69) is 31.2 Å². The monoisotopic (exact) mass is 262 g/mol. The minimum Gasteiger partial charge on any atom is -0.388 e. The van der Waals surface area contributed by atoms with Gasteiger partial charge in [0.05, 0.1) is 12.2 Å². The van der Waals surface area contributed by atoms with Crippen molar-refractivity contribution in [2.24, 2.45) is 0 Å². The maximum absolute atomic E-state index is 10.2. The van der Waals surface area contributed by atoms with Crippen molar-refractivity contribution in [3.8, 4) is 0 Å². The van der Waals surface area contributed by atoms with Crippen molar-refractivity contribution < 1.29 is 9.84 Å². The smallest absolute Gasteiger partial charge is 0.0791 e. The van der Waals surface area contributed by atoms with Crippen molar-refractivity contribution in [1.29, 1.82) is 0 Å². The predicted molar refractivity (Wildman–Crippen MR) is 78.2 cm³/mol. The Morgan fingerprint density at radius 1 is 1.26 bits per heavy atom. The second-order valence-electron chi connectivity index (χ2n) is 5.57. The van der Waals surface area contributed by atoms with E-state index in [-0.39, 0.29) is 6.10 Å². The number of benzene rings is 1. The van der Waals surface area contributed by atoms with Crippen LogP contribution in [0.2, 0.25) is 0 Å². The molecular formula is C17H26O2. The number of ether oxygens (including phenoxy) is 1. The maximum Gasteiger partial charge on any atom is 0.0791 e. The fourth-order valence-electron chi connectivity index (χ4n) is 2.74. The van der Waals surface area contributed by atoms with E-state index >= 15 is 0 Å². The van der Waals surface area contributed by atoms with Crippen LogP contribution in [0.3, 0.4) is 0 Å². The van der Waals surface area contributed by atoms with Crippen molar-refractivity contribution in [2.45, 2.75) is 64.1 Å². The average Bonchev–Trinajstić information content (AvgIpc) is 2.47. The summed E-state index contributed by atoms with van der Waals surface area (Å²) in [6, 6.07) is 8.41. The highest BCUT2D eigenvalue weighted by atomic mass is 16.5. The first kappa shape index (κ1) is 14.5. The zero-order valence-corrected chi connectivity index (χ0v) is 12.0. The molecule has 2 unspecified atom stereocenters. The van der Waals surface area contributed by atoms with Gasteiger partial charge in [0.1, 0.15) is 0 Å². The van der Waals surface area contributed by atoms with Crippen molar-refractivity contribution in [1.82, 2.24) is 0 Å². The molecule has 0 aromatic heterocycles. The molecule has 2 rings (SSSR count). The standard InChI is InChI=1S/C17H26O2/c1-2-5-14-7-9-15(10-8-14)17(18)12-11-16-6-3-4-13-19-16/h7-10,16-18H,2-6,11-13H2,1H3. The molecule has 0 amide bonds. The van der Waals surface area contributed by atoms with E-state index in [4.69, 9.17) is 4.74 Å². The summed E-state index contributed by atoms with van der Waals surface area (Å²) in [4.78, 5) is 0. The molecule has 0 aliphatic carbocycles. The Labute approximate surface area is 116 Å². The van der Waals surface area contributed by atoms with E-state index < -0.39 is 0 Å². The lowest BCUT2D eigenvalue weighted by molar-refractivity contribution is 0.00213. The Hall–Kier alpha value is -0.860. The number of hydrogen-bond acceptors (Lipinski definition) is 2.